The minimum Gasteiger partial charge on any atom is -0.484 e. The summed E-state index contributed by atoms with van der Waals surface area (Å²) >= 11 is 5.62. The molecule has 0 spiro atoms. The van der Waals surface area contributed by atoms with Crippen LogP contribution in [0, 0.1) is 5.82 Å². The van der Waals surface area contributed by atoms with Gasteiger partial charge >= 0.3 is 0 Å². The second-order valence-electron chi connectivity index (χ2n) is 4.03. The Balaban J connectivity index is 1.92. The van der Waals surface area contributed by atoms with Crippen molar-refractivity contribution in [3.63, 3.8) is 0 Å². The van der Waals surface area contributed by atoms with Crippen LogP contribution in [0.5, 0.6) is 5.75 Å². The lowest BCUT2D eigenvalue weighted by molar-refractivity contribution is -0.118. The molecule has 0 aliphatic carbocycles. The van der Waals surface area contributed by atoms with Crippen LogP contribution in [0.2, 0.25) is 5.02 Å². The predicted octanol–water partition coefficient (Wildman–Crippen LogP) is 3.08. The van der Waals surface area contributed by atoms with Gasteiger partial charge in [-0.1, -0.05) is 17.7 Å². The summed E-state index contributed by atoms with van der Waals surface area (Å²) in [5.41, 5.74) is 6.17. The van der Waals surface area contributed by atoms with E-state index >= 15 is 0 Å². The van der Waals surface area contributed by atoms with Gasteiger partial charge in [0.05, 0.1) is 5.69 Å². The first-order valence-electron chi connectivity index (χ1n) is 5.78. The molecule has 20 heavy (non-hydrogen) atoms. The fraction of sp³-hybridized carbons (Fsp3) is 0.0714. The van der Waals surface area contributed by atoms with E-state index in [1.165, 1.54) is 12.1 Å². The van der Waals surface area contributed by atoms with Crippen LogP contribution in [0.4, 0.5) is 15.8 Å². The quantitative estimate of drug-likeness (QED) is 0.852. The van der Waals surface area contributed by atoms with E-state index in [1.54, 1.807) is 24.3 Å². The molecule has 0 atom stereocenters. The Morgan fingerprint density at radius 2 is 2.10 bits per heavy atom. The first-order chi connectivity index (χ1) is 9.54. The average Bonchev–Trinajstić information content (AvgIpc) is 2.40. The normalized spacial score (nSPS) is 10.1. The molecule has 0 saturated carbocycles. The molecular formula is C14H12ClFN2O2. The Morgan fingerprint density at radius 3 is 2.80 bits per heavy atom. The largest absolute Gasteiger partial charge is 0.484 e. The smallest absolute Gasteiger partial charge is 0.262 e. The molecule has 0 heterocycles. The van der Waals surface area contributed by atoms with Crippen molar-refractivity contribution in [2.75, 3.05) is 17.7 Å². The number of nitrogens with one attached hydrogen (secondary N) is 1. The highest BCUT2D eigenvalue weighted by atomic mass is 35.5. The van der Waals surface area contributed by atoms with Crippen molar-refractivity contribution in [3.8, 4) is 5.75 Å². The third-order valence-electron chi connectivity index (χ3n) is 2.43. The van der Waals surface area contributed by atoms with E-state index in [9.17, 15) is 9.18 Å². The van der Waals surface area contributed by atoms with Gasteiger partial charge in [0.1, 0.15) is 11.6 Å². The molecule has 104 valence electrons. The van der Waals surface area contributed by atoms with Gasteiger partial charge in [-0.15, -0.1) is 0 Å². The van der Waals surface area contributed by atoms with E-state index in [0.29, 0.717) is 11.4 Å². The lowest BCUT2D eigenvalue weighted by Crippen LogP contribution is -2.20. The van der Waals surface area contributed by atoms with Crippen LogP contribution in [-0.4, -0.2) is 12.5 Å². The minimum absolute atomic E-state index is 0.0515. The fourth-order valence-corrected chi connectivity index (χ4v) is 1.69. The van der Waals surface area contributed by atoms with Gasteiger partial charge in [-0.05, 0) is 30.3 Å². The Kier molecular flexibility index (Phi) is 4.42. The van der Waals surface area contributed by atoms with Crippen molar-refractivity contribution in [2.24, 2.45) is 0 Å². The second kappa shape index (κ2) is 6.25. The number of carbonyl (C=O) groups excluding carboxylic acids is 1. The van der Waals surface area contributed by atoms with Crippen LogP contribution in [0.3, 0.4) is 0 Å². The number of nitrogen functional groups attached to an aromatic ring is 1. The molecule has 0 fully saturated rings. The van der Waals surface area contributed by atoms with Crippen LogP contribution in [0.15, 0.2) is 42.5 Å². The molecule has 2 rings (SSSR count). The Labute approximate surface area is 120 Å². The second-order valence-corrected chi connectivity index (χ2v) is 4.47. The molecule has 4 nitrogen and oxygen atoms in total. The molecule has 0 aliphatic heterocycles. The van der Waals surface area contributed by atoms with Crippen LogP contribution in [0.25, 0.3) is 0 Å². The summed E-state index contributed by atoms with van der Waals surface area (Å²) in [5, 5.41) is 2.65. The van der Waals surface area contributed by atoms with Gasteiger partial charge in [-0.2, -0.15) is 0 Å². The molecular weight excluding hydrogens is 283 g/mol. The molecule has 0 aliphatic rings. The molecule has 6 heteroatoms. The van der Waals surface area contributed by atoms with Crippen LogP contribution in [-0.2, 0) is 4.79 Å². The number of ether oxygens (including phenoxy) is 1. The number of halogens is 2. The Morgan fingerprint density at radius 1 is 1.30 bits per heavy atom. The summed E-state index contributed by atoms with van der Waals surface area (Å²) in [6, 6.07) is 10.7. The maximum absolute atomic E-state index is 13.5. The summed E-state index contributed by atoms with van der Waals surface area (Å²) < 4.78 is 18.7. The zero-order valence-electron chi connectivity index (χ0n) is 10.4. The molecule has 2 aromatic carbocycles. The molecule has 3 N–H and O–H groups in total. The van der Waals surface area contributed by atoms with Crippen molar-refractivity contribution in [1.29, 1.82) is 0 Å². The molecule has 1 amide bonds. The van der Waals surface area contributed by atoms with Crippen molar-refractivity contribution < 1.29 is 13.9 Å². The first kappa shape index (κ1) is 14.1. The molecule has 0 saturated heterocycles. The topological polar surface area (TPSA) is 64.3 Å². The van der Waals surface area contributed by atoms with Crippen LogP contribution >= 0.6 is 11.6 Å². The lowest BCUT2D eigenvalue weighted by atomic mass is 10.3. The van der Waals surface area contributed by atoms with E-state index in [2.05, 4.69) is 5.32 Å². The summed E-state index contributed by atoms with van der Waals surface area (Å²) in [7, 11) is 0. The van der Waals surface area contributed by atoms with E-state index in [0.717, 1.165) is 6.07 Å². The Hall–Kier alpha value is -2.27. The zero-order valence-corrected chi connectivity index (χ0v) is 11.2. The van der Waals surface area contributed by atoms with Crippen LogP contribution < -0.4 is 15.8 Å². The van der Waals surface area contributed by atoms with Gasteiger partial charge in [0.25, 0.3) is 5.91 Å². The highest BCUT2D eigenvalue weighted by Gasteiger charge is 2.08. The van der Waals surface area contributed by atoms with Gasteiger partial charge in [0, 0.05) is 16.8 Å². The van der Waals surface area contributed by atoms with E-state index < -0.39 is 11.7 Å². The first-order valence-corrected chi connectivity index (χ1v) is 6.15. The van der Waals surface area contributed by atoms with Gasteiger partial charge in [0.15, 0.2) is 6.61 Å². The van der Waals surface area contributed by atoms with Gasteiger partial charge < -0.3 is 15.8 Å². The molecule has 0 bridgehead atoms. The highest BCUT2D eigenvalue weighted by molar-refractivity contribution is 6.30. The van der Waals surface area contributed by atoms with Crippen molar-refractivity contribution in [3.05, 3.63) is 53.3 Å². The fourth-order valence-electron chi connectivity index (χ4n) is 1.53. The van der Waals surface area contributed by atoms with Crippen molar-refractivity contribution in [2.45, 2.75) is 0 Å². The summed E-state index contributed by atoms with van der Waals surface area (Å²) in [4.78, 5) is 11.6. The third kappa shape index (κ3) is 3.86. The predicted molar refractivity (Wildman–Crippen MR) is 76.4 cm³/mol. The summed E-state index contributed by atoms with van der Waals surface area (Å²) in [6.45, 7) is -0.245. The maximum atomic E-state index is 13.5. The summed E-state index contributed by atoms with van der Waals surface area (Å²) in [6.07, 6.45) is 0. The number of hydrogen-bond donors (Lipinski definition) is 2. The molecule has 2 aromatic rings. The standard InChI is InChI=1S/C14H12ClFN2O2/c15-9-4-5-13(12(16)6-9)18-14(19)8-20-11-3-1-2-10(17)7-11/h1-7H,8,17H2,(H,18,19). The van der Waals surface area contributed by atoms with Crippen molar-refractivity contribution in [1.82, 2.24) is 0 Å². The molecule has 0 unspecified atom stereocenters. The number of amides is 1. The average molecular weight is 295 g/mol. The molecule has 0 radical (unpaired) electrons. The van der Waals surface area contributed by atoms with E-state index in [4.69, 9.17) is 22.1 Å². The highest BCUT2D eigenvalue weighted by Crippen LogP contribution is 2.19. The van der Waals surface area contributed by atoms with Gasteiger partial charge in [0.2, 0.25) is 0 Å². The van der Waals surface area contributed by atoms with Gasteiger partial charge in [-0.3, -0.25) is 4.79 Å². The monoisotopic (exact) mass is 294 g/mol. The lowest BCUT2D eigenvalue weighted by Gasteiger charge is -2.08. The maximum Gasteiger partial charge on any atom is 0.262 e. The van der Waals surface area contributed by atoms with Gasteiger partial charge in [-0.25, -0.2) is 4.39 Å². The Bertz CT molecular complexity index is 634. The SMILES string of the molecule is Nc1cccc(OCC(=O)Nc2ccc(Cl)cc2F)c1. The zero-order chi connectivity index (χ0) is 14.5. The number of benzene rings is 2. The number of anilines is 2. The third-order valence-corrected chi connectivity index (χ3v) is 2.67. The molecule has 0 aromatic heterocycles. The number of rotatable bonds is 4. The van der Waals surface area contributed by atoms with Crippen molar-refractivity contribution >= 4 is 28.9 Å². The number of carbonyl (C=O) groups is 1. The van der Waals surface area contributed by atoms with Crippen LogP contribution in [0.1, 0.15) is 0 Å². The minimum atomic E-state index is -0.602. The van der Waals surface area contributed by atoms with E-state index in [1.807, 2.05) is 0 Å². The number of nitrogens with two attached hydrogens (primary N) is 1. The number of hydrogen-bond acceptors (Lipinski definition) is 3. The van der Waals surface area contributed by atoms with E-state index in [-0.39, 0.29) is 17.3 Å². The summed E-state index contributed by atoms with van der Waals surface area (Å²) in [5.74, 6) is -0.611.